The van der Waals surface area contributed by atoms with Gasteiger partial charge in [0, 0.05) is 33.7 Å². The van der Waals surface area contributed by atoms with Crippen molar-refractivity contribution in [2.75, 3.05) is 7.11 Å². The van der Waals surface area contributed by atoms with Gasteiger partial charge in [-0.2, -0.15) is 0 Å². The summed E-state index contributed by atoms with van der Waals surface area (Å²) in [7, 11) is 1.35. The van der Waals surface area contributed by atoms with Gasteiger partial charge in [-0.3, -0.25) is 9.36 Å². The maximum Gasteiger partial charge on any atom is 0.338 e. The molecule has 0 radical (unpaired) electrons. The summed E-state index contributed by atoms with van der Waals surface area (Å²) in [6, 6.07) is 23.5. The molecule has 0 aliphatic carbocycles. The number of allylic oxidation sites excluding steroid dienone is 1. The van der Waals surface area contributed by atoms with Crippen molar-refractivity contribution in [3.63, 3.8) is 0 Å². The number of esters is 1. The number of aromatic nitrogens is 2. The van der Waals surface area contributed by atoms with Gasteiger partial charge in [-0.15, -0.1) is 0 Å². The second-order valence-corrected chi connectivity index (χ2v) is 12.5. The molecule has 2 aromatic heterocycles. The lowest BCUT2D eigenvalue weighted by atomic mass is 9.93. The Kier molecular flexibility index (Phi) is 7.71. The van der Waals surface area contributed by atoms with Gasteiger partial charge in [-0.05, 0) is 54.7 Å². The van der Waals surface area contributed by atoms with Crippen molar-refractivity contribution in [2.45, 2.75) is 46.2 Å². The third kappa shape index (κ3) is 5.07. The Balaban J connectivity index is 1.55. The zero-order valence-corrected chi connectivity index (χ0v) is 26.3. The standard InChI is InChI=1S/C35H32ClN3O3S/c1-20(2)23-14-16-24(17-15-23)32-31(34(41)42-5)21(3)37-35-39(32)33(40)30(43-35)18-27-22(4)38(29-13-9-7-11-26(27)29)19-25-10-6-8-12-28(25)36/h6-18,20,32H,19H2,1-5H3/b30-18-/t32-/m0/s1. The minimum Gasteiger partial charge on any atom is -0.466 e. The monoisotopic (exact) mass is 609 g/mol. The summed E-state index contributed by atoms with van der Waals surface area (Å²) in [6.07, 6.45) is 1.96. The van der Waals surface area contributed by atoms with E-state index in [0.717, 1.165) is 33.3 Å². The van der Waals surface area contributed by atoms with E-state index in [4.69, 9.17) is 21.3 Å². The first kappa shape index (κ1) is 28.9. The molecule has 1 aliphatic heterocycles. The lowest BCUT2D eigenvalue weighted by Crippen LogP contribution is -2.39. The highest BCUT2D eigenvalue weighted by molar-refractivity contribution is 7.07. The highest BCUT2D eigenvalue weighted by Gasteiger charge is 2.33. The van der Waals surface area contributed by atoms with Crippen LogP contribution in [0.1, 0.15) is 60.7 Å². The molecule has 1 aliphatic rings. The van der Waals surface area contributed by atoms with E-state index in [1.54, 1.807) is 11.5 Å². The van der Waals surface area contributed by atoms with E-state index in [1.165, 1.54) is 24.0 Å². The first-order chi connectivity index (χ1) is 20.7. The SMILES string of the molecule is COC(=O)C1=C(C)N=c2s/c(=C\c3c(C)n(Cc4ccccc4Cl)c4ccccc34)c(=O)n2[C@H]1c1ccc(C(C)C)cc1. The van der Waals surface area contributed by atoms with Gasteiger partial charge in [-0.1, -0.05) is 97.4 Å². The zero-order chi connectivity index (χ0) is 30.4. The highest BCUT2D eigenvalue weighted by atomic mass is 35.5. The van der Waals surface area contributed by atoms with E-state index < -0.39 is 12.0 Å². The van der Waals surface area contributed by atoms with Crippen LogP contribution in [-0.4, -0.2) is 22.2 Å². The molecule has 0 fully saturated rings. The van der Waals surface area contributed by atoms with Crippen LogP contribution in [0.5, 0.6) is 0 Å². The number of hydrogen-bond donors (Lipinski definition) is 0. The molecule has 0 N–H and O–H groups in total. The van der Waals surface area contributed by atoms with Crippen LogP contribution in [0.4, 0.5) is 0 Å². The Bertz CT molecular complexity index is 2100. The number of nitrogens with zero attached hydrogens (tertiary/aromatic N) is 3. The summed E-state index contributed by atoms with van der Waals surface area (Å²) in [5.41, 5.74) is 6.81. The Labute approximate surface area is 258 Å². The fraction of sp³-hybridized carbons (Fsp3) is 0.229. The summed E-state index contributed by atoms with van der Waals surface area (Å²) in [5.74, 6) is -0.136. The van der Waals surface area contributed by atoms with E-state index in [-0.39, 0.29) is 5.56 Å². The number of benzene rings is 3. The third-order valence-electron chi connectivity index (χ3n) is 8.19. The van der Waals surface area contributed by atoms with Gasteiger partial charge in [-0.25, -0.2) is 9.79 Å². The number of para-hydroxylation sites is 1. The predicted molar refractivity (Wildman–Crippen MR) is 174 cm³/mol. The first-order valence-corrected chi connectivity index (χ1v) is 15.4. The van der Waals surface area contributed by atoms with E-state index in [0.29, 0.717) is 38.1 Å². The van der Waals surface area contributed by atoms with Crippen LogP contribution in [0.25, 0.3) is 17.0 Å². The van der Waals surface area contributed by atoms with Crippen molar-refractivity contribution in [1.29, 1.82) is 0 Å². The lowest BCUT2D eigenvalue weighted by Gasteiger charge is -2.24. The van der Waals surface area contributed by atoms with Crippen LogP contribution >= 0.6 is 22.9 Å². The Morgan fingerprint density at radius 1 is 1.05 bits per heavy atom. The second-order valence-electron chi connectivity index (χ2n) is 11.1. The molecule has 0 unspecified atom stereocenters. The number of methoxy groups -OCH3 is 1. The number of hydrogen-bond acceptors (Lipinski definition) is 5. The smallest absolute Gasteiger partial charge is 0.338 e. The first-order valence-electron chi connectivity index (χ1n) is 14.2. The van der Waals surface area contributed by atoms with Crippen molar-refractivity contribution < 1.29 is 9.53 Å². The number of rotatable bonds is 6. The molecule has 3 heterocycles. The van der Waals surface area contributed by atoms with Gasteiger partial charge in [0.15, 0.2) is 4.80 Å². The summed E-state index contributed by atoms with van der Waals surface area (Å²) in [6.45, 7) is 8.74. The summed E-state index contributed by atoms with van der Waals surface area (Å²) < 4.78 is 9.58. The number of carbonyl (C=O) groups is 1. The van der Waals surface area contributed by atoms with Crippen molar-refractivity contribution >= 4 is 45.9 Å². The summed E-state index contributed by atoms with van der Waals surface area (Å²) in [5, 5.41) is 1.76. The molecule has 0 amide bonds. The maximum atomic E-state index is 14.2. The molecule has 1 atom stereocenters. The summed E-state index contributed by atoms with van der Waals surface area (Å²) >= 11 is 7.86. The van der Waals surface area contributed by atoms with Crippen LogP contribution in [0.2, 0.25) is 5.02 Å². The number of halogens is 1. The van der Waals surface area contributed by atoms with E-state index in [9.17, 15) is 9.59 Å². The molecule has 43 heavy (non-hydrogen) atoms. The molecule has 0 bridgehead atoms. The molecular formula is C35H32ClN3O3S. The number of carbonyl (C=O) groups excluding carboxylic acids is 1. The average molecular weight is 610 g/mol. The topological polar surface area (TPSA) is 65.6 Å². The molecule has 6 rings (SSSR count). The molecule has 6 nitrogen and oxygen atoms in total. The molecule has 0 saturated heterocycles. The molecule has 5 aromatic rings. The van der Waals surface area contributed by atoms with Crippen molar-refractivity contribution in [2.24, 2.45) is 4.99 Å². The fourth-order valence-corrected chi connectivity index (χ4v) is 7.07. The summed E-state index contributed by atoms with van der Waals surface area (Å²) in [4.78, 5) is 32.5. The van der Waals surface area contributed by atoms with Gasteiger partial charge >= 0.3 is 5.97 Å². The Morgan fingerprint density at radius 3 is 2.44 bits per heavy atom. The lowest BCUT2D eigenvalue weighted by molar-refractivity contribution is -0.136. The van der Waals surface area contributed by atoms with Crippen LogP contribution in [-0.2, 0) is 16.1 Å². The van der Waals surface area contributed by atoms with Crippen molar-refractivity contribution in [3.8, 4) is 0 Å². The maximum absolute atomic E-state index is 14.2. The third-order valence-corrected chi connectivity index (χ3v) is 9.54. The Morgan fingerprint density at radius 2 is 1.74 bits per heavy atom. The van der Waals surface area contributed by atoms with E-state index in [2.05, 4.69) is 49.6 Å². The molecule has 3 aromatic carbocycles. The molecule has 8 heteroatoms. The minimum atomic E-state index is -0.644. The molecular weight excluding hydrogens is 578 g/mol. The Hall–Kier alpha value is -4.20. The van der Waals surface area contributed by atoms with Crippen molar-refractivity contribution in [1.82, 2.24) is 9.13 Å². The molecule has 218 valence electrons. The normalized spacial score (nSPS) is 15.2. The quantitative estimate of drug-likeness (QED) is 0.207. The number of thiazole rings is 1. The fourth-order valence-electron chi connectivity index (χ4n) is 5.84. The van der Waals surface area contributed by atoms with Crippen LogP contribution in [0.15, 0.2) is 93.9 Å². The van der Waals surface area contributed by atoms with Crippen molar-refractivity contribution in [3.05, 3.63) is 137 Å². The van der Waals surface area contributed by atoms with E-state index >= 15 is 0 Å². The van der Waals surface area contributed by atoms with Gasteiger partial charge in [0.2, 0.25) is 0 Å². The molecule has 0 saturated carbocycles. The van der Waals surface area contributed by atoms with Crippen LogP contribution in [0.3, 0.4) is 0 Å². The largest absolute Gasteiger partial charge is 0.466 e. The average Bonchev–Trinajstić information content (AvgIpc) is 3.45. The van der Waals surface area contributed by atoms with Gasteiger partial charge in [0.05, 0.1) is 29.0 Å². The molecule has 0 spiro atoms. The van der Waals surface area contributed by atoms with E-state index in [1.807, 2.05) is 54.6 Å². The number of fused-ring (bicyclic) bond motifs is 2. The predicted octanol–water partition coefficient (Wildman–Crippen LogP) is 6.50. The highest BCUT2D eigenvalue weighted by Crippen LogP contribution is 2.32. The van der Waals surface area contributed by atoms with Gasteiger partial charge < -0.3 is 9.30 Å². The van der Waals surface area contributed by atoms with Crippen LogP contribution in [0, 0.1) is 6.92 Å². The minimum absolute atomic E-state index is 0.196. The zero-order valence-electron chi connectivity index (χ0n) is 24.7. The van der Waals surface area contributed by atoms with Crippen LogP contribution < -0.4 is 14.9 Å². The van der Waals surface area contributed by atoms with Gasteiger partial charge in [0.25, 0.3) is 5.56 Å². The second kappa shape index (κ2) is 11.5. The van der Waals surface area contributed by atoms with Gasteiger partial charge in [0.1, 0.15) is 0 Å². The number of ether oxygens (including phenoxy) is 1.